The van der Waals surface area contributed by atoms with Gasteiger partial charge in [-0.3, -0.25) is 4.79 Å². The Morgan fingerprint density at radius 1 is 1.33 bits per heavy atom. The van der Waals surface area contributed by atoms with Crippen molar-refractivity contribution in [2.75, 3.05) is 0 Å². The van der Waals surface area contributed by atoms with Crippen LogP contribution >= 0.6 is 0 Å². The van der Waals surface area contributed by atoms with E-state index in [4.69, 9.17) is 4.84 Å². The Morgan fingerprint density at radius 3 is 2.72 bits per heavy atom. The van der Waals surface area contributed by atoms with E-state index >= 15 is 0 Å². The molecule has 1 atom stereocenters. The van der Waals surface area contributed by atoms with Crippen molar-refractivity contribution in [1.82, 2.24) is 5.32 Å². The third kappa shape index (κ3) is 2.34. The molecule has 2 aliphatic rings. The Labute approximate surface area is 104 Å². The van der Waals surface area contributed by atoms with E-state index in [9.17, 15) is 9.18 Å². The SMILES string of the molecule is O=C(NC1CC1)[C@@H]1CC(c2ccc(F)cc2)=NO1. The van der Waals surface area contributed by atoms with E-state index < -0.39 is 6.10 Å². The second-order valence-electron chi connectivity index (χ2n) is 4.63. The first kappa shape index (κ1) is 11.2. The summed E-state index contributed by atoms with van der Waals surface area (Å²) in [5.74, 6) is -0.403. The number of oxime groups is 1. The number of rotatable bonds is 3. The molecule has 5 heteroatoms. The van der Waals surface area contributed by atoms with Crippen LogP contribution in [0.1, 0.15) is 24.8 Å². The molecular weight excluding hydrogens is 235 g/mol. The maximum Gasteiger partial charge on any atom is 0.264 e. The summed E-state index contributed by atoms with van der Waals surface area (Å²) in [6.45, 7) is 0. The summed E-state index contributed by atoms with van der Waals surface area (Å²) >= 11 is 0. The highest BCUT2D eigenvalue weighted by atomic mass is 19.1. The summed E-state index contributed by atoms with van der Waals surface area (Å²) in [6, 6.07) is 6.33. The van der Waals surface area contributed by atoms with Crippen molar-refractivity contribution in [3.63, 3.8) is 0 Å². The second kappa shape index (κ2) is 4.40. The number of carbonyl (C=O) groups is 1. The fourth-order valence-corrected chi connectivity index (χ4v) is 1.85. The third-order valence-corrected chi connectivity index (χ3v) is 3.06. The van der Waals surface area contributed by atoms with Crippen LogP contribution in [0.4, 0.5) is 4.39 Å². The molecule has 1 amide bonds. The maximum absolute atomic E-state index is 12.8. The van der Waals surface area contributed by atoms with E-state index in [1.807, 2.05) is 0 Å². The van der Waals surface area contributed by atoms with Crippen molar-refractivity contribution in [2.45, 2.75) is 31.4 Å². The number of carbonyl (C=O) groups excluding carboxylic acids is 1. The lowest BCUT2D eigenvalue weighted by Gasteiger charge is -2.07. The van der Waals surface area contributed by atoms with Gasteiger partial charge in [0.05, 0.1) is 5.71 Å². The fourth-order valence-electron chi connectivity index (χ4n) is 1.85. The van der Waals surface area contributed by atoms with E-state index in [1.165, 1.54) is 12.1 Å². The minimum Gasteiger partial charge on any atom is -0.382 e. The monoisotopic (exact) mass is 248 g/mol. The molecule has 1 heterocycles. The topological polar surface area (TPSA) is 50.7 Å². The lowest BCUT2D eigenvalue weighted by Crippen LogP contribution is -2.36. The van der Waals surface area contributed by atoms with Crippen LogP contribution in [0.15, 0.2) is 29.4 Å². The fraction of sp³-hybridized carbons (Fsp3) is 0.385. The van der Waals surface area contributed by atoms with E-state index in [2.05, 4.69) is 10.5 Å². The smallest absolute Gasteiger partial charge is 0.264 e. The zero-order valence-corrected chi connectivity index (χ0v) is 9.73. The van der Waals surface area contributed by atoms with Crippen LogP contribution in [0.5, 0.6) is 0 Å². The first-order valence-electron chi connectivity index (χ1n) is 6.01. The van der Waals surface area contributed by atoms with E-state index in [0.29, 0.717) is 18.2 Å². The summed E-state index contributed by atoms with van der Waals surface area (Å²) in [5.41, 5.74) is 1.48. The van der Waals surface area contributed by atoms with Crippen LogP contribution in [0.2, 0.25) is 0 Å². The van der Waals surface area contributed by atoms with E-state index in [1.54, 1.807) is 12.1 Å². The van der Waals surface area contributed by atoms with Crippen molar-refractivity contribution in [3.8, 4) is 0 Å². The molecule has 0 aromatic heterocycles. The third-order valence-electron chi connectivity index (χ3n) is 3.06. The summed E-state index contributed by atoms with van der Waals surface area (Å²) in [7, 11) is 0. The Bertz CT molecular complexity index is 494. The van der Waals surface area contributed by atoms with Gasteiger partial charge in [0.15, 0.2) is 0 Å². The van der Waals surface area contributed by atoms with Gasteiger partial charge in [0, 0.05) is 12.5 Å². The van der Waals surface area contributed by atoms with Gasteiger partial charge in [-0.1, -0.05) is 17.3 Å². The number of nitrogens with zero attached hydrogens (tertiary/aromatic N) is 1. The number of hydrogen-bond donors (Lipinski definition) is 1. The zero-order valence-electron chi connectivity index (χ0n) is 9.73. The standard InChI is InChI=1S/C13H13FN2O2/c14-9-3-1-8(2-4-9)11-7-12(18-16-11)13(17)15-10-5-6-10/h1-4,10,12H,5-7H2,(H,15,17)/t12-/m0/s1. The van der Waals surface area contributed by atoms with Crippen molar-refractivity contribution in [1.29, 1.82) is 0 Å². The number of nitrogens with one attached hydrogen (secondary N) is 1. The first-order valence-corrected chi connectivity index (χ1v) is 6.01. The molecular formula is C13H13FN2O2. The summed E-state index contributed by atoms with van der Waals surface area (Å²) in [6.07, 6.45) is 1.98. The molecule has 3 rings (SSSR count). The van der Waals surface area contributed by atoms with Crippen molar-refractivity contribution < 1.29 is 14.0 Å². The molecule has 0 spiro atoms. The van der Waals surface area contributed by atoms with Gasteiger partial charge in [-0.05, 0) is 30.5 Å². The molecule has 1 aliphatic heterocycles. The molecule has 18 heavy (non-hydrogen) atoms. The number of hydrogen-bond acceptors (Lipinski definition) is 3. The molecule has 1 aromatic carbocycles. The minimum absolute atomic E-state index is 0.113. The summed E-state index contributed by atoms with van der Waals surface area (Å²) in [5, 5.41) is 6.78. The molecule has 1 saturated carbocycles. The summed E-state index contributed by atoms with van der Waals surface area (Å²) in [4.78, 5) is 16.9. The summed E-state index contributed by atoms with van der Waals surface area (Å²) < 4.78 is 12.8. The van der Waals surface area contributed by atoms with Crippen LogP contribution in [-0.4, -0.2) is 23.8 Å². The van der Waals surface area contributed by atoms with Crippen LogP contribution in [0.25, 0.3) is 0 Å². The minimum atomic E-state index is -0.550. The van der Waals surface area contributed by atoms with Crippen molar-refractivity contribution in [3.05, 3.63) is 35.6 Å². The average molecular weight is 248 g/mol. The Kier molecular flexibility index (Phi) is 2.74. The highest BCUT2D eigenvalue weighted by molar-refractivity contribution is 6.04. The normalized spacial score (nSPS) is 22.3. The van der Waals surface area contributed by atoms with Crippen LogP contribution < -0.4 is 5.32 Å². The number of benzene rings is 1. The number of amides is 1. The molecule has 94 valence electrons. The Morgan fingerprint density at radius 2 is 2.06 bits per heavy atom. The first-order chi connectivity index (χ1) is 8.72. The van der Waals surface area contributed by atoms with Crippen LogP contribution in [0, 0.1) is 5.82 Å². The predicted molar refractivity (Wildman–Crippen MR) is 63.6 cm³/mol. The van der Waals surface area contributed by atoms with Gasteiger partial charge < -0.3 is 10.2 Å². The van der Waals surface area contributed by atoms with E-state index in [-0.39, 0.29) is 11.7 Å². The van der Waals surface area contributed by atoms with Crippen molar-refractivity contribution in [2.24, 2.45) is 5.16 Å². The van der Waals surface area contributed by atoms with Gasteiger partial charge in [0.1, 0.15) is 5.82 Å². The maximum atomic E-state index is 12.8. The Balaban J connectivity index is 1.63. The van der Waals surface area contributed by atoms with Gasteiger partial charge in [0.25, 0.3) is 5.91 Å². The van der Waals surface area contributed by atoms with E-state index in [0.717, 1.165) is 18.4 Å². The van der Waals surface area contributed by atoms with Gasteiger partial charge in [-0.2, -0.15) is 0 Å². The molecule has 1 aliphatic carbocycles. The Hall–Kier alpha value is -1.91. The highest BCUT2D eigenvalue weighted by Gasteiger charge is 2.32. The molecule has 0 unspecified atom stereocenters. The second-order valence-corrected chi connectivity index (χ2v) is 4.63. The zero-order chi connectivity index (χ0) is 12.5. The van der Waals surface area contributed by atoms with Gasteiger partial charge in [-0.25, -0.2) is 4.39 Å². The lowest BCUT2D eigenvalue weighted by atomic mass is 10.0. The molecule has 1 N–H and O–H groups in total. The molecule has 4 nitrogen and oxygen atoms in total. The largest absolute Gasteiger partial charge is 0.382 e. The molecule has 0 radical (unpaired) electrons. The van der Waals surface area contributed by atoms with Gasteiger partial charge in [-0.15, -0.1) is 0 Å². The molecule has 0 bridgehead atoms. The molecule has 0 saturated heterocycles. The predicted octanol–water partition coefficient (Wildman–Crippen LogP) is 1.60. The van der Waals surface area contributed by atoms with Crippen LogP contribution in [0.3, 0.4) is 0 Å². The van der Waals surface area contributed by atoms with Gasteiger partial charge >= 0.3 is 0 Å². The van der Waals surface area contributed by atoms with Crippen molar-refractivity contribution >= 4 is 11.6 Å². The quantitative estimate of drug-likeness (QED) is 0.883. The lowest BCUT2D eigenvalue weighted by molar-refractivity contribution is -0.131. The average Bonchev–Trinajstić information content (AvgIpc) is 3.04. The number of halogens is 1. The molecule has 1 aromatic rings. The van der Waals surface area contributed by atoms with Crippen LogP contribution in [-0.2, 0) is 9.63 Å². The van der Waals surface area contributed by atoms with Gasteiger partial charge in [0.2, 0.25) is 6.10 Å². The highest BCUT2D eigenvalue weighted by Crippen LogP contribution is 2.21. The molecule has 1 fully saturated rings.